The van der Waals surface area contributed by atoms with Crippen LogP contribution in [-0.2, 0) is 10.3 Å². The van der Waals surface area contributed by atoms with Crippen molar-refractivity contribution in [3.63, 3.8) is 0 Å². The maximum Gasteiger partial charge on any atom is 0.161 e. The van der Waals surface area contributed by atoms with Gasteiger partial charge in [-0.2, -0.15) is 0 Å². The lowest BCUT2D eigenvalue weighted by Gasteiger charge is -2.37. The summed E-state index contributed by atoms with van der Waals surface area (Å²) in [7, 11) is 5.32. The molecule has 100 valence electrons. The van der Waals surface area contributed by atoms with Crippen LogP contribution >= 0.6 is 0 Å². The van der Waals surface area contributed by atoms with Gasteiger partial charge in [-0.15, -0.1) is 0 Å². The molecular formula is C14H21NO3. The Hall–Kier alpha value is -1.26. The van der Waals surface area contributed by atoms with E-state index >= 15 is 0 Å². The number of methoxy groups -OCH3 is 2. The van der Waals surface area contributed by atoms with Crippen LogP contribution in [0, 0.1) is 0 Å². The molecule has 0 unspecified atom stereocenters. The van der Waals surface area contributed by atoms with Crippen LogP contribution in [0.15, 0.2) is 18.2 Å². The van der Waals surface area contributed by atoms with E-state index in [0.717, 1.165) is 37.6 Å². The van der Waals surface area contributed by atoms with E-state index in [4.69, 9.17) is 14.2 Å². The first-order valence-electron chi connectivity index (χ1n) is 6.25. The summed E-state index contributed by atoms with van der Waals surface area (Å²) in [5.74, 6) is 1.54. The summed E-state index contributed by atoms with van der Waals surface area (Å²) in [6.07, 6.45) is 1.94. The first kappa shape index (κ1) is 13.2. The lowest BCUT2D eigenvalue weighted by atomic mass is 9.82. The molecule has 1 heterocycles. The highest BCUT2D eigenvalue weighted by Crippen LogP contribution is 2.36. The second-order valence-electron chi connectivity index (χ2n) is 4.51. The van der Waals surface area contributed by atoms with E-state index in [-0.39, 0.29) is 5.54 Å². The Kier molecular flexibility index (Phi) is 4.09. The lowest BCUT2D eigenvalue weighted by molar-refractivity contribution is 0.0397. The first-order chi connectivity index (χ1) is 8.75. The average molecular weight is 251 g/mol. The van der Waals surface area contributed by atoms with Crippen molar-refractivity contribution < 1.29 is 14.2 Å². The fraction of sp³-hybridized carbons (Fsp3) is 0.571. The molecule has 0 amide bonds. The summed E-state index contributed by atoms with van der Waals surface area (Å²) in [4.78, 5) is 0. The molecule has 0 saturated carbocycles. The summed E-state index contributed by atoms with van der Waals surface area (Å²) >= 11 is 0. The minimum absolute atomic E-state index is 0.0161. The van der Waals surface area contributed by atoms with Crippen LogP contribution in [0.5, 0.6) is 11.5 Å². The quantitative estimate of drug-likeness (QED) is 0.887. The smallest absolute Gasteiger partial charge is 0.161 e. The Bertz CT molecular complexity index is 400. The summed E-state index contributed by atoms with van der Waals surface area (Å²) in [5.41, 5.74) is 1.21. The van der Waals surface area contributed by atoms with Gasteiger partial charge in [-0.1, -0.05) is 6.07 Å². The third-order valence-electron chi connectivity index (χ3n) is 3.76. The summed E-state index contributed by atoms with van der Waals surface area (Å²) in [5, 5.41) is 3.45. The highest BCUT2D eigenvalue weighted by atomic mass is 16.5. The van der Waals surface area contributed by atoms with Crippen LogP contribution in [0.1, 0.15) is 18.4 Å². The summed E-state index contributed by atoms with van der Waals surface area (Å²) < 4.78 is 16.1. The van der Waals surface area contributed by atoms with Gasteiger partial charge in [-0.05, 0) is 37.6 Å². The van der Waals surface area contributed by atoms with Crippen LogP contribution in [-0.4, -0.2) is 34.5 Å². The van der Waals surface area contributed by atoms with Crippen molar-refractivity contribution in [2.75, 3.05) is 34.5 Å². The normalized spacial score (nSPS) is 18.4. The number of hydrogen-bond donors (Lipinski definition) is 1. The van der Waals surface area contributed by atoms with Crippen molar-refractivity contribution in [2.24, 2.45) is 0 Å². The van der Waals surface area contributed by atoms with Gasteiger partial charge in [0.05, 0.1) is 14.2 Å². The van der Waals surface area contributed by atoms with Gasteiger partial charge in [0.25, 0.3) is 0 Å². The Morgan fingerprint density at radius 2 is 1.78 bits per heavy atom. The molecule has 0 bridgehead atoms. The number of nitrogens with one attached hydrogen (secondary N) is 1. The Labute approximate surface area is 108 Å². The first-order valence-corrected chi connectivity index (χ1v) is 6.25. The third kappa shape index (κ3) is 2.31. The standard InChI is InChI=1S/C14H21NO3/c1-15-14(6-8-18-9-7-14)11-4-5-12(16-2)13(10-11)17-3/h4-5,10,15H,6-9H2,1-3H3. The topological polar surface area (TPSA) is 39.7 Å². The van der Waals surface area contributed by atoms with Crippen molar-refractivity contribution in [1.82, 2.24) is 5.32 Å². The molecule has 2 rings (SSSR count). The van der Waals surface area contributed by atoms with Gasteiger partial charge in [0, 0.05) is 18.8 Å². The largest absolute Gasteiger partial charge is 0.493 e. The maximum absolute atomic E-state index is 5.45. The van der Waals surface area contributed by atoms with Gasteiger partial charge in [0.1, 0.15) is 0 Å². The molecule has 1 aromatic carbocycles. The number of rotatable bonds is 4. The van der Waals surface area contributed by atoms with Crippen LogP contribution < -0.4 is 14.8 Å². The molecule has 1 aliphatic rings. The molecule has 4 nitrogen and oxygen atoms in total. The van der Waals surface area contributed by atoms with E-state index in [1.807, 2.05) is 13.1 Å². The Morgan fingerprint density at radius 1 is 1.11 bits per heavy atom. The van der Waals surface area contributed by atoms with Gasteiger partial charge < -0.3 is 19.5 Å². The zero-order valence-electron chi connectivity index (χ0n) is 11.3. The maximum atomic E-state index is 5.45. The molecule has 1 N–H and O–H groups in total. The molecule has 1 aromatic rings. The number of benzene rings is 1. The van der Waals surface area contributed by atoms with E-state index in [9.17, 15) is 0 Å². The van der Waals surface area contributed by atoms with Gasteiger partial charge in [0.15, 0.2) is 11.5 Å². The molecular weight excluding hydrogens is 230 g/mol. The van der Waals surface area contributed by atoms with E-state index in [1.165, 1.54) is 5.56 Å². The molecule has 0 radical (unpaired) electrons. The lowest BCUT2D eigenvalue weighted by Crippen LogP contribution is -2.44. The zero-order valence-corrected chi connectivity index (χ0v) is 11.3. The molecule has 1 aliphatic heterocycles. The highest BCUT2D eigenvalue weighted by molar-refractivity contribution is 5.45. The van der Waals surface area contributed by atoms with Gasteiger partial charge in [0.2, 0.25) is 0 Å². The Morgan fingerprint density at radius 3 is 2.33 bits per heavy atom. The van der Waals surface area contributed by atoms with Gasteiger partial charge >= 0.3 is 0 Å². The summed E-state index contributed by atoms with van der Waals surface area (Å²) in [6, 6.07) is 6.12. The van der Waals surface area contributed by atoms with Crippen LogP contribution in [0.4, 0.5) is 0 Å². The molecule has 4 heteroatoms. The number of ether oxygens (including phenoxy) is 3. The molecule has 0 aliphatic carbocycles. The molecule has 0 aromatic heterocycles. The SMILES string of the molecule is CNC1(c2ccc(OC)c(OC)c2)CCOCC1. The Balaban J connectivity index is 2.36. The van der Waals surface area contributed by atoms with Crippen molar-refractivity contribution in [3.8, 4) is 11.5 Å². The third-order valence-corrected chi connectivity index (χ3v) is 3.76. The zero-order chi connectivity index (χ0) is 13.0. The van der Waals surface area contributed by atoms with Crippen molar-refractivity contribution >= 4 is 0 Å². The monoisotopic (exact) mass is 251 g/mol. The fourth-order valence-corrected chi connectivity index (χ4v) is 2.54. The highest BCUT2D eigenvalue weighted by Gasteiger charge is 2.33. The molecule has 0 spiro atoms. The van der Waals surface area contributed by atoms with Crippen LogP contribution in [0.3, 0.4) is 0 Å². The second kappa shape index (κ2) is 5.59. The van der Waals surface area contributed by atoms with Crippen molar-refractivity contribution in [1.29, 1.82) is 0 Å². The van der Waals surface area contributed by atoms with Crippen LogP contribution in [0.2, 0.25) is 0 Å². The molecule has 1 fully saturated rings. The molecule has 1 saturated heterocycles. The van der Waals surface area contributed by atoms with Crippen molar-refractivity contribution in [2.45, 2.75) is 18.4 Å². The van der Waals surface area contributed by atoms with E-state index < -0.39 is 0 Å². The van der Waals surface area contributed by atoms with E-state index in [0.29, 0.717) is 0 Å². The van der Waals surface area contributed by atoms with Gasteiger partial charge in [-0.3, -0.25) is 0 Å². The minimum Gasteiger partial charge on any atom is -0.493 e. The number of hydrogen-bond acceptors (Lipinski definition) is 4. The van der Waals surface area contributed by atoms with Gasteiger partial charge in [-0.25, -0.2) is 0 Å². The summed E-state index contributed by atoms with van der Waals surface area (Å²) in [6.45, 7) is 1.57. The van der Waals surface area contributed by atoms with E-state index in [1.54, 1.807) is 14.2 Å². The molecule has 18 heavy (non-hydrogen) atoms. The fourth-order valence-electron chi connectivity index (χ4n) is 2.54. The predicted octanol–water partition coefficient (Wildman–Crippen LogP) is 1.93. The minimum atomic E-state index is -0.0161. The van der Waals surface area contributed by atoms with E-state index in [2.05, 4.69) is 17.4 Å². The average Bonchev–Trinajstić information content (AvgIpc) is 2.47. The van der Waals surface area contributed by atoms with Crippen molar-refractivity contribution in [3.05, 3.63) is 23.8 Å². The molecule has 0 atom stereocenters. The second-order valence-corrected chi connectivity index (χ2v) is 4.51. The van der Waals surface area contributed by atoms with Crippen LogP contribution in [0.25, 0.3) is 0 Å². The predicted molar refractivity (Wildman–Crippen MR) is 70.3 cm³/mol.